The van der Waals surface area contributed by atoms with E-state index in [1.807, 2.05) is 0 Å². The van der Waals surface area contributed by atoms with E-state index in [0.717, 1.165) is 19.0 Å². The Hall–Kier alpha value is -0.800. The van der Waals surface area contributed by atoms with E-state index in [9.17, 15) is 4.39 Å². The Morgan fingerprint density at radius 2 is 2.17 bits per heavy atom. The van der Waals surface area contributed by atoms with Gasteiger partial charge >= 0.3 is 0 Å². The van der Waals surface area contributed by atoms with Crippen LogP contribution < -0.4 is 10.2 Å². The Labute approximate surface area is 112 Å². The third-order valence-electron chi connectivity index (χ3n) is 4.01. The molecule has 2 nitrogen and oxygen atoms in total. The summed E-state index contributed by atoms with van der Waals surface area (Å²) in [6, 6.07) is 5.79. The summed E-state index contributed by atoms with van der Waals surface area (Å²) in [4.78, 5) is 2.17. The standard InChI is InChI=1S/C14H18ClFN2/c1-9-7-17-13(10-2-3-10)8-18(9)14-5-4-11(15)6-12(14)16/h4-6,9-10,13,17H,2-3,7-8H2,1H3. The van der Waals surface area contributed by atoms with Crippen LogP contribution in [-0.4, -0.2) is 25.2 Å². The summed E-state index contributed by atoms with van der Waals surface area (Å²) >= 11 is 5.81. The molecule has 3 rings (SSSR count). The molecule has 2 aliphatic rings. The highest BCUT2D eigenvalue weighted by molar-refractivity contribution is 6.30. The van der Waals surface area contributed by atoms with Crippen molar-refractivity contribution in [2.75, 3.05) is 18.0 Å². The highest BCUT2D eigenvalue weighted by atomic mass is 35.5. The van der Waals surface area contributed by atoms with Gasteiger partial charge in [-0.25, -0.2) is 4.39 Å². The Kier molecular flexibility index (Phi) is 3.20. The lowest BCUT2D eigenvalue weighted by Gasteiger charge is -2.40. The van der Waals surface area contributed by atoms with Crippen LogP contribution in [0.1, 0.15) is 19.8 Å². The number of rotatable bonds is 2. The smallest absolute Gasteiger partial charge is 0.147 e. The molecule has 1 heterocycles. The lowest BCUT2D eigenvalue weighted by molar-refractivity contribution is 0.373. The number of nitrogens with zero attached hydrogens (tertiary/aromatic N) is 1. The molecule has 2 unspecified atom stereocenters. The maximum Gasteiger partial charge on any atom is 0.147 e. The average Bonchev–Trinajstić information content (AvgIpc) is 3.14. The van der Waals surface area contributed by atoms with Gasteiger partial charge in [-0.2, -0.15) is 0 Å². The van der Waals surface area contributed by atoms with Gasteiger partial charge < -0.3 is 10.2 Å². The van der Waals surface area contributed by atoms with Crippen LogP contribution in [0.2, 0.25) is 5.02 Å². The first-order valence-electron chi connectivity index (χ1n) is 6.60. The molecule has 1 aromatic carbocycles. The van der Waals surface area contributed by atoms with E-state index in [4.69, 9.17) is 11.6 Å². The molecule has 1 aromatic rings. The highest BCUT2D eigenvalue weighted by Gasteiger charge is 2.36. The fourth-order valence-corrected chi connectivity index (χ4v) is 2.91. The minimum absolute atomic E-state index is 0.217. The van der Waals surface area contributed by atoms with Crippen LogP contribution >= 0.6 is 11.6 Å². The number of piperazine rings is 1. The maximum atomic E-state index is 14.0. The summed E-state index contributed by atoms with van der Waals surface area (Å²) in [6.07, 6.45) is 2.62. The molecule has 0 spiro atoms. The van der Waals surface area contributed by atoms with Crippen molar-refractivity contribution in [3.05, 3.63) is 29.0 Å². The number of halogens is 2. The molecule has 0 bridgehead atoms. The van der Waals surface area contributed by atoms with Crippen LogP contribution in [0.25, 0.3) is 0 Å². The van der Waals surface area contributed by atoms with Crippen LogP contribution in [0, 0.1) is 11.7 Å². The average molecular weight is 269 g/mol. The second kappa shape index (κ2) is 4.71. The van der Waals surface area contributed by atoms with Crippen molar-refractivity contribution in [2.24, 2.45) is 5.92 Å². The third-order valence-corrected chi connectivity index (χ3v) is 4.25. The number of benzene rings is 1. The van der Waals surface area contributed by atoms with Crippen molar-refractivity contribution in [3.8, 4) is 0 Å². The van der Waals surface area contributed by atoms with Crippen molar-refractivity contribution >= 4 is 17.3 Å². The van der Waals surface area contributed by atoms with E-state index in [0.29, 0.717) is 22.8 Å². The Balaban J connectivity index is 1.83. The molecule has 1 N–H and O–H groups in total. The SMILES string of the molecule is CC1CNC(C2CC2)CN1c1ccc(Cl)cc1F. The molecule has 18 heavy (non-hydrogen) atoms. The van der Waals surface area contributed by atoms with Gasteiger partial charge in [0, 0.05) is 30.2 Å². The lowest BCUT2D eigenvalue weighted by atomic mass is 10.1. The summed E-state index contributed by atoms with van der Waals surface area (Å²) in [7, 11) is 0. The van der Waals surface area contributed by atoms with Gasteiger partial charge in [-0.05, 0) is 43.9 Å². The monoisotopic (exact) mass is 268 g/mol. The highest BCUT2D eigenvalue weighted by Crippen LogP contribution is 2.35. The molecule has 0 amide bonds. The van der Waals surface area contributed by atoms with Gasteiger partial charge in [0.1, 0.15) is 5.82 Å². The molecule has 1 saturated carbocycles. The zero-order valence-corrected chi connectivity index (χ0v) is 11.3. The first-order valence-corrected chi connectivity index (χ1v) is 6.98. The molecule has 1 saturated heterocycles. The van der Waals surface area contributed by atoms with Crippen LogP contribution in [0.5, 0.6) is 0 Å². The van der Waals surface area contributed by atoms with E-state index in [2.05, 4.69) is 17.1 Å². The van der Waals surface area contributed by atoms with Crippen molar-refractivity contribution in [2.45, 2.75) is 31.8 Å². The molecule has 0 aromatic heterocycles. The van der Waals surface area contributed by atoms with Gasteiger partial charge in [-0.3, -0.25) is 0 Å². The quantitative estimate of drug-likeness (QED) is 0.887. The van der Waals surface area contributed by atoms with Gasteiger partial charge in [0.15, 0.2) is 0 Å². The van der Waals surface area contributed by atoms with Crippen LogP contribution in [-0.2, 0) is 0 Å². The molecule has 2 fully saturated rings. The predicted molar refractivity (Wildman–Crippen MR) is 72.7 cm³/mol. The summed E-state index contributed by atoms with van der Waals surface area (Å²) < 4.78 is 14.0. The Morgan fingerprint density at radius 1 is 1.39 bits per heavy atom. The zero-order valence-electron chi connectivity index (χ0n) is 10.5. The van der Waals surface area contributed by atoms with Crippen LogP contribution in [0.3, 0.4) is 0 Å². The summed E-state index contributed by atoms with van der Waals surface area (Å²) in [5, 5.41) is 4.03. The van der Waals surface area contributed by atoms with E-state index >= 15 is 0 Å². The minimum atomic E-state index is -0.217. The van der Waals surface area contributed by atoms with E-state index < -0.39 is 0 Å². The van der Waals surface area contributed by atoms with E-state index in [1.165, 1.54) is 18.9 Å². The third kappa shape index (κ3) is 2.34. The molecule has 98 valence electrons. The molecule has 1 aliphatic carbocycles. The zero-order chi connectivity index (χ0) is 12.7. The largest absolute Gasteiger partial charge is 0.364 e. The number of nitrogens with one attached hydrogen (secondary N) is 1. The molecule has 0 radical (unpaired) electrons. The molecular formula is C14H18ClFN2. The van der Waals surface area contributed by atoms with Crippen molar-refractivity contribution < 1.29 is 4.39 Å². The van der Waals surface area contributed by atoms with E-state index in [-0.39, 0.29) is 5.82 Å². The van der Waals surface area contributed by atoms with Crippen molar-refractivity contribution in [3.63, 3.8) is 0 Å². The number of anilines is 1. The Morgan fingerprint density at radius 3 is 2.83 bits per heavy atom. The summed E-state index contributed by atoms with van der Waals surface area (Å²) in [5.74, 6) is 0.571. The molecule has 4 heteroatoms. The van der Waals surface area contributed by atoms with Crippen LogP contribution in [0.15, 0.2) is 18.2 Å². The van der Waals surface area contributed by atoms with Gasteiger partial charge in [-0.15, -0.1) is 0 Å². The summed E-state index contributed by atoms with van der Waals surface area (Å²) in [6.45, 7) is 3.94. The van der Waals surface area contributed by atoms with Gasteiger partial charge in [0.2, 0.25) is 0 Å². The van der Waals surface area contributed by atoms with Gasteiger partial charge in [-0.1, -0.05) is 11.6 Å². The summed E-state index contributed by atoms with van der Waals surface area (Å²) in [5.41, 5.74) is 0.680. The molecular weight excluding hydrogens is 251 g/mol. The van der Waals surface area contributed by atoms with Crippen molar-refractivity contribution in [1.82, 2.24) is 5.32 Å². The molecule has 1 aliphatic heterocycles. The minimum Gasteiger partial charge on any atom is -0.364 e. The first kappa shape index (κ1) is 12.2. The second-order valence-electron chi connectivity index (χ2n) is 5.45. The fourth-order valence-electron chi connectivity index (χ4n) is 2.75. The lowest BCUT2D eigenvalue weighted by Crippen LogP contribution is -2.56. The maximum absolute atomic E-state index is 14.0. The van der Waals surface area contributed by atoms with Crippen LogP contribution in [0.4, 0.5) is 10.1 Å². The van der Waals surface area contributed by atoms with Gasteiger partial charge in [0.25, 0.3) is 0 Å². The Bertz CT molecular complexity index is 447. The topological polar surface area (TPSA) is 15.3 Å². The molecule has 2 atom stereocenters. The number of hydrogen-bond acceptors (Lipinski definition) is 2. The number of hydrogen-bond donors (Lipinski definition) is 1. The normalized spacial score (nSPS) is 28.5. The fraction of sp³-hybridized carbons (Fsp3) is 0.571. The first-order chi connectivity index (χ1) is 8.65. The van der Waals surface area contributed by atoms with Crippen molar-refractivity contribution in [1.29, 1.82) is 0 Å². The second-order valence-corrected chi connectivity index (χ2v) is 5.89. The van der Waals surface area contributed by atoms with E-state index in [1.54, 1.807) is 12.1 Å². The van der Waals surface area contributed by atoms with Gasteiger partial charge in [0.05, 0.1) is 5.69 Å². The predicted octanol–water partition coefficient (Wildman–Crippen LogP) is 3.06.